The molecule has 4 aromatic rings. The first-order valence-corrected chi connectivity index (χ1v) is 17.4. The second kappa shape index (κ2) is 13.3. The van der Waals surface area contributed by atoms with Gasteiger partial charge in [0.15, 0.2) is 0 Å². The molecule has 1 heterocycles. The Morgan fingerprint density at radius 3 is 2.17 bits per heavy atom. The number of carbonyl (C=O) groups is 1. The summed E-state index contributed by atoms with van der Waals surface area (Å²) in [4.78, 5) is 18.4. The number of hydrazone groups is 1. The van der Waals surface area contributed by atoms with Crippen molar-refractivity contribution in [2.75, 3.05) is 42.7 Å². The Hall–Kier alpha value is -4.60. The summed E-state index contributed by atoms with van der Waals surface area (Å²) in [6.45, 7) is 0. The summed E-state index contributed by atoms with van der Waals surface area (Å²) in [5.74, 6) is -0.351. The van der Waals surface area contributed by atoms with Gasteiger partial charge < -0.3 is 9.80 Å². The Labute approximate surface area is 282 Å². The van der Waals surface area contributed by atoms with Crippen LogP contribution in [0, 0.1) is 5.92 Å². The van der Waals surface area contributed by atoms with E-state index in [0.29, 0.717) is 10.7 Å². The number of carbonyl (C=O) groups excluding carboxylic acids is 1. The van der Waals surface area contributed by atoms with Crippen LogP contribution in [0.1, 0.15) is 46.8 Å². The second-order valence-electron chi connectivity index (χ2n) is 12.4. The number of anilines is 3. The maximum absolute atomic E-state index is 14.3. The minimum Gasteiger partial charge on any atom is -0.378 e. The molecule has 1 aliphatic heterocycles. The van der Waals surface area contributed by atoms with E-state index in [0.717, 1.165) is 53.0 Å². The van der Waals surface area contributed by atoms with Gasteiger partial charge in [0.05, 0.1) is 16.6 Å². The number of benzene rings is 4. The van der Waals surface area contributed by atoms with Crippen LogP contribution >= 0.6 is 11.6 Å². The van der Waals surface area contributed by atoms with Gasteiger partial charge in [-0.15, -0.1) is 0 Å². The Morgan fingerprint density at radius 1 is 0.894 bits per heavy atom. The minimum absolute atomic E-state index is 0.00342. The van der Waals surface area contributed by atoms with Gasteiger partial charge >= 0.3 is 0 Å². The topological polar surface area (TPSA) is 85.3 Å². The first kappa shape index (κ1) is 32.3. The molecule has 10 heteroatoms. The van der Waals surface area contributed by atoms with Crippen molar-refractivity contribution < 1.29 is 13.2 Å². The van der Waals surface area contributed by atoms with Crippen LogP contribution in [0.3, 0.4) is 0 Å². The molecule has 1 fully saturated rings. The fraction of sp³-hybridized carbons (Fsp3) is 0.243. The van der Waals surface area contributed by atoms with E-state index in [1.165, 1.54) is 12.1 Å². The van der Waals surface area contributed by atoms with Crippen molar-refractivity contribution in [3.63, 3.8) is 0 Å². The van der Waals surface area contributed by atoms with Crippen molar-refractivity contribution in [1.29, 1.82) is 0 Å². The Balaban J connectivity index is 1.37. The molecule has 2 atom stereocenters. The van der Waals surface area contributed by atoms with E-state index in [1.807, 2.05) is 33.1 Å². The van der Waals surface area contributed by atoms with Gasteiger partial charge in [-0.1, -0.05) is 41.9 Å². The molecule has 0 bridgehead atoms. The smallest absolute Gasteiger partial charge is 0.274 e. The highest BCUT2D eigenvalue weighted by Crippen LogP contribution is 2.45. The third kappa shape index (κ3) is 6.92. The number of sulfonamides is 1. The van der Waals surface area contributed by atoms with E-state index in [1.54, 1.807) is 41.4 Å². The molecule has 47 heavy (non-hydrogen) atoms. The summed E-state index contributed by atoms with van der Waals surface area (Å²) in [6.07, 6.45) is 4.91. The molecule has 0 saturated heterocycles. The molecule has 0 radical (unpaired) electrons. The van der Waals surface area contributed by atoms with Gasteiger partial charge in [-0.05, 0) is 109 Å². The van der Waals surface area contributed by atoms with Gasteiger partial charge in [0.25, 0.3) is 15.9 Å². The molecular weight excluding hydrogens is 630 g/mol. The molecule has 1 aliphatic carbocycles. The quantitative estimate of drug-likeness (QED) is 0.208. The summed E-state index contributed by atoms with van der Waals surface area (Å²) in [7, 11) is 4.05. The van der Waals surface area contributed by atoms with Crippen LogP contribution in [0.15, 0.2) is 113 Å². The van der Waals surface area contributed by atoms with E-state index in [9.17, 15) is 13.2 Å². The number of nitrogens with one attached hydrogen (secondary N) is 1. The fourth-order valence-electron chi connectivity index (χ4n) is 6.20. The summed E-state index contributed by atoms with van der Waals surface area (Å²) in [5.41, 5.74) is 6.89. The summed E-state index contributed by atoms with van der Waals surface area (Å²) in [5, 5.41) is 7.10. The average Bonchev–Trinajstić information content (AvgIpc) is 3.46. The number of hydrogen-bond donors (Lipinski definition) is 1. The van der Waals surface area contributed by atoms with Gasteiger partial charge in [-0.2, -0.15) is 5.10 Å². The molecule has 1 saturated carbocycles. The van der Waals surface area contributed by atoms with Crippen LogP contribution in [0.2, 0.25) is 5.02 Å². The first-order valence-electron chi connectivity index (χ1n) is 15.6. The zero-order valence-electron chi connectivity index (χ0n) is 26.9. The molecule has 242 valence electrons. The van der Waals surface area contributed by atoms with Crippen molar-refractivity contribution in [2.45, 2.75) is 30.2 Å². The van der Waals surface area contributed by atoms with E-state index >= 15 is 0 Å². The van der Waals surface area contributed by atoms with Crippen molar-refractivity contribution in [2.24, 2.45) is 11.0 Å². The molecule has 4 aromatic carbocycles. The van der Waals surface area contributed by atoms with Gasteiger partial charge in [-0.3, -0.25) is 9.52 Å². The molecule has 6 rings (SSSR count). The normalized spacial score (nSPS) is 18.4. The summed E-state index contributed by atoms with van der Waals surface area (Å²) >= 11 is 5.97. The predicted molar refractivity (Wildman–Crippen MR) is 192 cm³/mol. The predicted octanol–water partition coefficient (Wildman–Crippen LogP) is 7.71. The number of nitrogens with zero attached hydrogens (tertiary/aromatic N) is 4. The van der Waals surface area contributed by atoms with Crippen LogP contribution in [0.25, 0.3) is 6.08 Å². The van der Waals surface area contributed by atoms with E-state index in [4.69, 9.17) is 16.7 Å². The molecule has 0 spiro atoms. The maximum Gasteiger partial charge on any atom is 0.274 e. The number of hydrogen-bond acceptors (Lipinski definition) is 6. The minimum atomic E-state index is -3.97. The fourth-order valence-corrected chi connectivity index (χ4v) is 7.43. The highest BCUT2D eigenvalue weighted by Gasteiger charge is 2.44. The van der Waals surface area contributed by atoms with Crippen LogP contribution < -0.4 is 14.5 Å². The Kier molecular flexibility index (Phi) is 9.12. The number of halogens is 1. The van der Waals surface area contributed by atoms with E-state index < -0.39 is 10.0 Å². The average molecular weight is 668 g/mol. The number of fused-ring (bicyclic) bond motifs is 1. The van der Waals surface area contributed by atoms with Gasteiger partial charge in [0.2, 0.25) is 0 Å². The summed E-state index contributed by atoms with van der Waals surface area (Å²) in [6, 6.07) is 28.8. The van der Waals surface area contributed by atoms with Crippen LogP contribution in [-0.2, 0) is 10.0 Å². The van der Waals surface area contributed by atoms with Crippen LogP contribution in [0.5, 0.6) is 0 Å². The van der Waals surface area contributed by atoms with Crippen molar-refractivity contribution in [3.8, 4) is 0 Å². The lowest BCUT2D eigenvalue weighted by Crippen LogP contribution is -2.32. The molecule has 2 aliphatic rings. The molecule has 8 nitrogen and oxygen atoms in total. The van der Waals surface area contributed by atoms with E-state index in [-0.39, 0.29) is 28.3 Å². The Bertz CT molecular complexity index is 1940. The number of allylic oxidation sites excluding steroid dienone is 1. The lowest BCUT2D eigenvalue weighted by Gasteiger charge is -2.30. The second-order valence-corrected chi connectivity index (χ2v) is 14.5. The molecule has 1 N–H and O–H groups in total. The van der Waals surface area contributed by atoms with Crippen molar-refractivity contribution >= 4 is 56.4 Å². The zero-order valence-corrected chi connectivity index (χ0v) is 28.5. The maximum atomic E-state index is 14.3. The lowest BCUT2D eigenvalue weighted by molar-refractivity contribution is 0.0680. The summed E-state index contributed by atoms with van der Waals surface area (Å²) < 4.78 is 29.2. The highest BCUT2D eigenvalue weighted by atomic mass is 35.5. The molecule has 0 unspecified atom stereocenters. The molecular formula is C37H38ClN5O3S. The van der Waals surface area contributed by atoms with Gasteiger partial charge in [0, 0.05) is 61.8 Å². The van der Waals surface area contributed by atoms with Crippen LogP contribution in [0.4, 0.5) is 17.1 Å². The standard InChI is InChI=1S/C37H38ClN5O3S/c1-41(2)31-19-11-25(12-20-31)23-27-7-6-10-34-35(27)39-43(36(34)26-13-21-32(22-14-26)42(3)4)37(44)28-8-5-9-33(24-28)47(45,46)40-30-17-15-29(38)16-18-30/h5,8-9,11-24,34,36,40H,6-7,10H2,1-4H3/b27-23+/t34-,36+/m1/s1. The SMILES string of the molecule is CN(C)c1ccc(/C=C2\CCC[C@@H]3C2=NN(C(=O)c2cccc(S(=O)(=O)Nc4ccc(Cl)cc4)c2)[C@H]3c2ccc(N(C)C)cc2)cc1. The highest BCUT2D eigenvalue weighted by molar-refractivity contribution is 7.92. The van der Waals surface area contributed by atoms with Gasteiger partial charge in [-0.25, -0.2) is 13.4 Å². The molecule has 0 aromatic heterocycles. The van der Waals surface area contributed by atoms with Gasteiger partial charge in [0.1, 0.15) is 0 Å². The number of amides is 1. The zero-order chi connectivity index (χ0) is 33.3. The lowest BCUT2D eigenvalue weighted by atomic mass is 9.77. The van der Waals surface area contributed by atoms with Crippen LogP contribution in [-0.4, -0.2) is 53.2 Å². The number of rotatable bonds is 8. The van der Waals surface area contributed by atoms with E-state index in [2.05, 4.69) is 64.2 Å². The monoisotopic (exact) mass is 667 g/mol. The first-order chi connectivity index (χ1) is 22.5. The molecule has 1 amide bonds. The Morgan fingerprint density at radius 2 is 1.53 bits per heavy atom. The van der Waals surface area contributed by atoms with Crippen molar-refractivity contribution in [1.82, 2.24) is 5.01 Å². The third-order valence-electron chi connectivity index (χ3n) is 8.70. The third-order valence-corrected chi connectivity index (χ3v) is 10.3. The van der Waals surface area contributed by atoms with Crippen molar-refractivity contribution in [3.05, 3.63) is 124 Å². The largest absolute Gasteiger partial charge is 0.378 e.